The second kappa shape index (κ2) is 10.0. The number of piperazine rings is 1. The number of hydrogen-bond donors (Lipinski definition) is 0. The summed E-state index contributed by atoms with van der Waals surface area (Å²) < 4.78 is 2.34. The Balaban J connectivity index is 1.36. The van der Waals surface area contributed by atoms with Crippen molar-refractivity contribution in [2.24, 2.45) is 7.05 Å². The molecule has 0 unspecified atom stereocenters. The third kappa shape index (κ3) is 4.51. The van der Waals surface area contributed by atoms with Gasteiger partial charge in [0.1, 0.15) is 5.82 Å². The molecule has 1 fully saturated rings. The predicted molar refractivity (Wildman–Crippen MR) is 146 cm³/mol. The number of para-hydroxylation sites is 1. The van der Waals surface area contributed by atoms with Crippen LogP contribution in [-0.4, -0.2) is 57.6 Å². The lowest BCUT2D eigenvalue weighted by atomic mass is 9.90. The van der Waals surface area contributed by atoms with Crippen LogP contribution in [0, 0.1) is 0 Å². The quantitative estimate of drug-likeness (QED) is 0.397. The molecule has 3 heterocycles. The van der Waals surface area contributed by atoms with Gasteiger partial charge in [0.2, 0.25) is 0 Å². The fourth-order valence-corrected chi connectivity index (χ4v) is 5.96. The molecule has 0 N–H and O–H groups in total. The van der Waals surface area contributed by atoms with Gasteiger partial charge < -0.3 is 14.4 Å². The highest BCUT2D eigenvalue weighted by atomic mass is 15.3. The molecule has 36 heavy (non-hydrogen) atoms. The Hall–Kier alpha value is -3.22. The summed E-state index contributed by atoms with van der Waals surface area (Å²) in [6, 6.07) is 22.1. The van der Waals surface area contributed by atoms with Gasteiger partial charge in [-0.2, -0.15) is 0 Å². The fourth-order valence-electron chi connectivity index (χ4n) is 5.96. The molecule has 1 aliphatic heterocycles. The van der Waals surface area contributed by atoms with Crippen LogP contribution in [0.4, 0.5) is 5.69 Å². The maximum Gasteiger partial charge on any atom is 0.123 e. The molecule has 1 aliphatic carbocycles. The highest BCUT2D eigenvalue weighted by molar-refractivity contribution is 5.89. The topological polar surface area (TPSA) is 40.4 Å². The van der Waals surface area contributed by atoms with E-state index in [1.165, 1.54) is 34.4 Å². The number of anilines is 1. The number of benzene rings is 2. The fraction of sp³-hybridized carbons (Fsp3) is 0.400. The maximum atomic E-state index is 5.18. The van der Waals surface area contributed by atoms with Crippen LogP contribution in [0.1, 0.15) is 41.5 Å². The molecule has 0 amide bonds. The molecule has 0 spiro atoms. The Bertz CT molecular complexity index is 1320. The average Bonchev–Trinajstić information content (AvgIpc) is 3.24. The summed E-state index contributed by atoms with van der Waals surface area (Å²) in [5, 5.41) is 0. The molecule has 2 aromatic carbocycles. The number of fused-ring (bicyclic) bond motifs is 2. The lowest BCUT2D eigenvalue weighted by Gasteiger charge is -2.35. The average molecular weight is 481 g/mol. The Morgan fingerprint density at radius 2 is 1.72 bits per heavy atom. The van der Waals surface area contributed by atoms with E-state index in [1.807, 2.05) is 6.20 Å². The molecule has 2 aliphatic rings. The van der Waals surface area contributed by atoms with E-state index in [2.05, 4.69) is 94.0 Å². The maximum absolute atomic E-state index is 5.18. The van der Waals surface area contributed by atoms with Crippen molar-refractivity contribution >= 4 is 16.7 Å². The summed E-state index contributed by atoms with van der Waals surface area (Å²) in [7, 11) is 4.40. The highest BCUT2D eigenvalue weighted by Gasteiger charge is 2.29. The molecule has 1 atom stereocenters. The summed E-state index contributed by atoms with van der Waals surface area (Å²) in [5.74, 6) is 1.12. The summed E-state index contributed by atoms with van der Waals surface area (Å²) in [5.41, 5.74) is 7.62. The van der Waals surface area contributed by atoms with E-state index in [4.69, 9.17) is 9.97 Å². The number of likely N-dealkylation sites (N-methyl/N-ethyl adjacent to an activating group) is 1. The van der Waals surface area contributed by atoms with Gasteiger partial charge in [0.25, 0.3) is 0 Å². The van der Waals surface area contributed by atoms with Gasteiger partial charge in [-0.05, 0) is 55.6 Å². The van der Waals surface area contributed by atoms with Crippen LogP contribution in [0.3, 0.4) is 0 Å². The minimum absolute atomic E-state index is 0.298. The lowest BCUT2D eigenvalue weighted by Crippen LogP contribution is -2.44. The van der Waals surface area contributed by atoms with Crippen LogP contribution in [0.25, 0.3) is 11.0 Å². The van der Waals surface area contributed by atoms with Gasteiger partial charge in [-0.3, -0.25) is 9.88 Å². The SMILES string of the molecule is CN1CCN(c2cccc3nc(CN(Cc4ccccc4)[C@H]4CCCc5cccnc54)n(C)c23)CC1. The van der Waals surface area contributed by atoms with Crippen molar-refractivity contribution in [2.75, 3.05) is 38.1 Å². The summed E-state index contributed by atoms with van der Waals surface area (Å²) in [4.78, 5) is 17.6. The monoisotopic (exact) mass is 480 g/mol. The predicted octanol–water partition coefficient (Wildman–Crippen LogP) is 4.80. The van der Waals surface area contributed by atoms with E-state index in [9.17, 15) is 0 Å². The summed E-state index contributed by atoms with van der Waals surface area (Å²) in [6.45, 7) is 5.99. The first-order valence-corrected chi connectivity index (χ1v) is 13.3. The van der Waals surface area contributed by atoms with Gasteiger partial charge in [-0.15, -0.1) is 0 Å². The van der Waals surface area contributed by atoms with Crippen molar-refractivity contribution in [3.05, 3.63) is 89.5 Å². The van der Waals surface area contributed by atoms with Crippen LogP contribution >= 0.6 is 0 Å². The summed E-state index contributed by atoms with van der Waals surface area (Å²) in [6.07, 6.45) is 5.41. The van der Waals surface area contributed by atoms with Crippen LogP contribution in [-0.2, 0) is 26.6 Å². The third-order valence-corrected chi connectivity index (χ3v) is 7.99. The van der Waals surface area contributed by atoms with Crippen LogP contribution in [0.5, 0.6) is 0 Å². The van der Waals surface area contributed by atoms with Crippen molar-refractivity contribution in [3.63, 3.8) is 0 Å². The minimum atomic E-state index is 0.298. The largest absolute Gasteiger partial charge is 0.367 e. The van der Waals surface area contributed by atoms with E-state index >= 15 is 0 Å². The second-order valence-electron chi connectivity index (χ2n) is 10.4. The highest BCUT2D eigenvalue weighted by Crippen LogP contribution is 2.35. The molecule has 0 bridgehead atoms. The van der Waals surface area contributed by atoms with Crippen LogP contribution in [0.15, 0.2) is 66.9 Å². The van der Waals surface area contributed by atoms with Crippen molar-refractivity contribution in [1.82, 2.24) is 24.3 Å². The molecule has 6 rings (SSSR count). The smallest absolute Gasteiger partial charge is 0.123 e. The van der Waals surface area contributed by atoms with E-state index in [0.717, 1.165) is 63.5 Å². The van der Waals surface area contributed by atoms with Gasteiger partial charge >= 0.3 is 0 Å². The number of hydrogen-bond acceptors (Lipinski definition) is 5. The molecular weight excluding hydrogens is 444 g/mol. The Morgan fingerprint density at radius 1 is 0.889 bits per heavy atom. The molecule has 186 valence electrons. The molecule has 0 saturated carbocycles. The number of aromatic nitrogens is 3. The van der Waals surface area contributed by atoms with Crippen LogP contribution in [0.2, 0.25) is 0 Å². The Labute approximate surface area is 214 Å². The zero-order chi connectivity index (χ0) is 24.5. The standard InChI is InChI=1S/C30H36N6/c1-33-17-19-35(20-18-33)27-15-7-13-25-30(27)34(2)28(32-25)22-36(21-23-9-4-3-5-10-23)26-14-6-11-24-12-8-16-31-29(24)26/h3-5,7-10,12-13,15-16,26H,6,11,14,17-22H2,1-2H3/t26-/m0/s1. The van der Waals surface area contributed by atoms with Gasteiger partial charge in [0.15, 0.2) is 0 Å². The van der Waals surface area contributed by atoms with Gasteiger partial charge in [0, 0.05) is 46.0 Å². The first-order valence-electron chi connectivity index (χ1n) is 13.3. The van der Waals surface area contributed by atoms with Crippen LogP contribution < -0.4 is 4.90 Å². The molecule has 2 aromatic heterocycles. The Kier molecular flexibility index (Phi) is 6.46. The lowest BCUT2D eigenvalue weighted by molar-refractivity contribution is 0.152. The molecule has 0 radical (unpaired) electrons. The molecule has 1 saturated heterocycles. The van der Waals surface area contributed by atoms with Crippen molar-refractivity contribution in [2.45, 2.75) is 38.4 Å². The number of pyridine rings is 1. The molecule has 4 aromatic rings. The number of rotatable bonds is 6. The number of nitrogens with zero attached hydrogens (tertiary/aromatic N) is 6. The third-order valence-electron chi connectivity index (χ3n) is 7.99. The number of imidazole rings is 1. The number of aryl methyl sites for hydroxylation is 2. The van der Waals surface area contributed by atoms with Crippen molar-refractivity contribution in [1.29, 1.82) is 0 Å². The molecule has 6 heteroatoms. The Morgan fingerprint density at radius 3 is 2.56 bits per heavy atom. The van der Waals surface area contributed by atoms with E-state index in [1.54, 1.807) is 0 Å². The first-order chi connectivity index (χ1) is 17.7. The molecular formula is C30H36N6. The van der Waals surface area contributed by atoms with Crippen molar-refractivity contribution in [3.8, 4) is 0 Å². The van der Waals surface area contributed by atoms with Gasteiger partial charge in [-0.1, -0.05) is 42.5 Å². The van der Waals surface area contributed by atoms with E-state index in [-0.39, 0.29) is 0 Å². The summed E-state index contributed by atoms with van der Waals surface area (Å²) >= 11 is 0. The first kappa shape index (κ1) is 23.2. The van der Waals surface area contributed by atoms with Gasteiger partial charge in [0.05, 0.1) is 35.0 Å². The van der Waals surface area contributed by atoms with Crippen molar-refractivity contribution < 1.29 is 0 Å². The zero-order valence-corrected chi connectivity index (χ0v) is 21.5. The second-order valence-corrected chi connectivity index (χ2v) is 10.4. The zero-order valence-electron chi connectivity index (χ0n) is 21.5. The normalized spacial score (nSPS) is 18.6. The minimum Gasteiger partial charge on any atom is -0.367 e. The van der Waals surface area contributed by atoms with E-state index in [0.29, 0.717) is 6.04 Å². The molecule has 6 nitrogen and oxygen atoms in total. The van der Waals surface area contributed by atoms with E-state index < -0.39 is 0 Å². The van der Waals surface area contributed by atoms with Gasteiger partial charge in [-0.25, -0.2) is 4.98 Å².